The lowest BCUT2D eigenvalue weighted by molar-refractivity contribution is -0.133. The number of hydrogen-bond donors (Lipinski definition) is 1. The van der Waals surface area contributed by atoms with Gasteiger partial charge in [0.25, 0.3) is 0 Å². The molecule has 2 aromatic heterocycles. The number of aromatic nitrogens is 3. The average Bonchev–Trinajstić information content (AvgIpc) is 3.15. The Balaban J connectivity index is 0.000000243. The first-order valence-electron chi connectivity index (χ1n) is 10.2. The summed E-state index contributed by atoms with van der Waals surface area (Å²) in [6.07, 6.45) is 2.02. The molecule has 0 bridgehead atoms. The van der Waals surface area contributed by atoms with Crippen LogP contribution in [0.4, 0.5) is 8.78 Å². The maximum Gasteiger partial charge on any atom is 0.239 e. The van der Waals surface area contributed by atoms with E-state index in [1.807, 2.05) is 20.9 Å². The van der Waals surface area contributed by atoms with Crippen molar-refractivity contribution in [2.24, 2.45) is 0 Å². The number of nitrogens with zero attached hydrogens (tertiary/aromatic N) is 4. The van der Waals surface area contributed by atoms with Crippen LogP contribution >= 0.6 is 0 Å². The van der Waals surface area contributed by atoms with Crippen LogP contribution < -0.4 is 5.32 Å². The molecule has 0 aliphatic carbocycles. The lowest BCUT2D eigenvalue weighted by atomic mass is 9.99. The van der Waals surface area contributed by atoms with Gasteiger partial charge in [-0.2, -0.15) is 5.10 Å². The van der Waals surface area contributed by atoms with Gasteiger partial charge in [0.05, 0.1) is 17.4 Å². The van der Waals surface area contributed by atoms with Crippen molar-refractivity contribution in [3.63, 3.8) is 0 Å². The summed E-state index contributed by atoms with van der Waals surface area (Å²) < 4.78 is 28.9. The molecule has 1 saturated heterocycles. The van der Waals surface area contributed by atoms with Gasteiger partial charge in [0.1, 0.15) is 17.2 Å². The van der Waals surface area contributed by atoms with E-state index < -0.39 is 5.67 Å². The quantitative estimate of drug-likeness (QED) is 0.628. The molecule has 1 N–H and O–H groups in total. The van der Waals surface area contributed by atoms with E-state index in [0.29, 0.717) is 28.8 Å². The number of likely N-dealkylation sites (N-methyl/N-ethyl adjacent to an activating group) is 1. The topological polar surface area (TPSA) is 79.6 Å². The maximum absolute atomic E-state index is 14.5. The number of alkyl halides is 1. The van der Waals surface area contributed by atoms with E-state index in [2.05, 4.69) is 20.3 Å². The fraction of sp³-hybridized carbons (Fsp3) is 0.391. The van der Waals surface area contributed by atoms with Gasteiger partial charge in [-0.05, 0) is 65.1 Å². The minimum absolute atomic E-state index is 0.126. The molecule has 3 heterocycles. The van der Waals surface area contributed by atoms with Crippen LogP contribution in [0.15, 0.2) is 36.5 Å². The zero-order chi connectivity index (χ0) is 23.7. The molecule has 1 fully saturated rings. The van der Waals surface area contributed by atoms with Gasteiger partial charge in [-0.25, -0.2) is 18.3 Å². The SMILES string of the molecule is CC(C)(F)c1cc(-c2ccc(F)cc2)nn2cc(C=O)nc12.CN1CCNC(=O)C1(C)C. The third kappa shape index (κ3) is 4.83. The first-order chi connectivity index (χ1) is 14.9. The van der Waals surface area contributed by atoms with Crippen molar-refractivity contribution in [3.8, 4) is 11.3 Å². The lowest BCUT2D eigenvalue weighted by Crippen LogP contribution is -2.60. The largest absolute Gasteiger partial charge is 0.353 e. The number of nitrogens with one attached hydrogen (secondary N) is 1. The van der Waals surface area contributed by atoms with E-state index in [0.717, 1.165) is 13.1 Å². The van der Waals surface area contributed by atoms with E-state index in [4.69, 9.17) is 0 Å². The molecule has 4 rings (SSSR count). The van der Waals surface area contributed by atoms with E-state index in [1.165, 1.54) is 36.7 Å². The monoisotopic (exact) mass is 443 g/mol. The van der Waals surface area contributed by atoms with E-state index in [-0.39, 0.29) is 23.0 Å². The van der Waals surface area contributed by atoms with Crippen molar-refractivity contribution in [2.45, 2.75) is 38.9 Å². The van der Waals surface area contributed by atoms with Crippen LogP contribution in [0.5, 0.6) is 0 Å². The molecule has 1 aliphatic heterocycles. The Hall–Kier alpha value is -3.20. The number of benzene rings is 1. The summed E-state index contributed by atoms with van der Waals surface area (Å²) in [7, 11) is 1.97. The number of carbonyl (C=O) groups is 2. The molecule has 170 valence electrons. The van der Waals surface area contributed by atoms with Gasteiger partial charge >= 0.3 is 0 Å². The first-order valence-corrected chi connectivity index (χ1v) is 10.2. The molecular formula is C23H27F2N5O2. The highest BCUT2D eigenvalue weighted by molar-refractivity contribution is 5.86. The van der Waals surface area contributed by atoms with Crippen LogP contribution in [0.1, 0.15) is 43.7 Å². The van der Waals surface area contributed by atoms with Crippen LogP contribution in [0, 0.1) is 5.82 Å². The fourth-order valence-electron chi connectivity index (χ4n) is 3.26. The molecule has 9 heteroatoms. The molecule has 32 heavy (non-hydrogen) atoms. The normalized spacial score (nSPS) is 16.3. The smallest absolute Gasteiger partial charge is 0.239 e. The summed E-state index contributed by atoms with van der Waals surface area (Å²) in [5.41, 5.74) is -0.0780. The Labute approximate surface area is 185 Å². The molecular weight excluding hydrogens is 416 g/mol. The Morgan fingerprint density at radius 3 is 2.41 bits per heavy atom. The van der Waals surface area contributed by atoms with Crippen molar-refractivity contribution in [1.82, 2.24) is 24.8 Å². The molecule has 0 radical (unpaired) electrons. The van der Waals surface area contributed by atoms with Gasteiger partial charge in [-0.15, -0.1) is 0 Å². The van der Waals surface area contributed by atoms with Gasteiger partial charge in [0, 0.05) is 24.2 Å². The lowest BCUT2D eigenvalue weighted by Gasteiger charge is -2.38. The van der Waals surface area contributed by atoms with Crippen molar-refractivity contribution >= 4 is 17.8 Å². The minimum atomic E-state index is -1.66. The van der Waals surface area contributed by atoms with Crippen molar-refractivity contribution in [2.75, 3.05) is 20.1 Å². The third-order valence-electron chi connectivity index (χ3n) is 5.59. The number of carbonyl (C=O) groups excluding carboxylic acids is 2. The van der Waals surface area contributed by atoms with Crippen molar-refractivity contribution in [1.29, 1.82) is 0 Å². The highest BCUT2D eigenvalue weighted by Crippen LogP contribution is 2.31. The molecule has 0 unspecified atom stereocenters. The number of imidazole rings is 1. The molecule has 0 spiro atoms. The van der Waals surface area contributed by atoms with E-state index >= 15 is 0 Å². The third-order valence-corrected chi connectivity index (χ3v) is 5.59. The van der Waals surface area contributed by atoms with Crippen molar-refractivity contribution < 1.29 is 18.4 Å². The van der Waals surface area contributed by atoms with E-state index in [9.17, 15) is 18.4 Å². The van der Waals surface area contributed by atoms with Gasteiger partial charge in [-0.3, -0.25) is 14.5 Å². The fourth-order valence-corrected chi connectivity index (χ4v) is 3.26. The Morgan fingerprint density at radius 2 is 1.88 bits per heavy atom. The van der Waals surface area contributed by atoms with Gasteiger partial charge < -0.3 is 5.32 Å². The molecule has 0 atom stereocenters. The van der Waals surface area contributed by atoms with Gasteiger partial charge in [0.15, 0.2) is 11.9 Å². The first kappa shape index (κ1) is 23.5. The Morgan fingerprint density at radius 1 is 1.22 bits per heavy atom. The summed E-state index contributed by atoms with van der Waals surface area (Å²) in [6.45, 7) is 8.40. The molecule has 1 aromatic carbocycles. The summed E-state index contributed by atoms with van der Waals surface area (Å²) >= 11 is 0. The number of rotatable bonds is 3. The summed E-state index contributed by atoms with van der Waals surface area (Å²) in [6, 6.07) is 7.33. The predicted octanol–water partition coefficient (Wildman–Crippen LogP) is 3.38. The van der Waals surface area contributed by atoms with Gasteiger partial charge in [0.2, 0.25) is 5.91 Å². The van der Waals surface area contributed by atoms with Crippen LogP contribution in [-0.4, -0.2) is 57.4 Å². The number of aldehydes is 1. The van der Waals surface area contributed by atoms with Crippen LogP contribution in [0.3, 0.4) is 0 Å². The zero-order valence-corrected chi connectivity index (χ0v) is 18.8. The molecule has 7 nitrogen and oxygen atoms in total. The summed E-state index contributed by atoms with van der Waals surface area (Å²) in [4.78, 5) is 28.2. The second-order valence-corrected chi connectivity index (χ2v) is 8.71. The number of fused-ring (bicyclic) bond motifs is 1. The Bertz CT molecular complexity index is 1130. The highest BCUT2D eigenvalue weighted by atomic mass is 19.1. The summed E-state index contributed by atoms with van der Waals surface area (Å²) in [5.74, 6) is -0.233. The molecule has 3 aromatic rings. The second kappa shape index (κ2) is 8.74. The molecule has 1 aliphatic rings. The number of piperazine rings is 1. The number of amides is 1. The minimum Gasteiger partial charge on any atom is -0.353 e. The van der Waals surface area contributed by atoms with Gasteiger partial charge in [-0.1, -0.05) is 0 Å². The van der Waals surface area contributed by atoms with Crippen LogP contribution in [-0.2, 0) is 10.5 Å². The van der Waals surface area contributed by atoms with Crippen molar-refractivity contribution in [3.05, 3.63) is 53.6 Å². The van der Waals surface area contributed by atoms with Crippen LogP contribution in [0.2, 0.25) is 0 Å². The summed E-state index contributed by atoms with van der Waals surface area (Å²) in [5, 5.41) is 7.15. The second-order valence-electron chi connectivity index (χ2n) is 8.71. The molecule has 0 saturated carbocycles. The number of hydrogen-bond acceptors (Lipinski definition) is 5. The number of halogens is 2. The maximum atomic E-state index is 14.5. The average molecular weight is 443 g/mol. The van der Waals surface area contributed by atoms with Crippen LogP contribution in [0.25, 0.3) is 16.9 Å². The van der Waals surface area contributed by atoms with E-state index in [1.54, 1.807) is 18.2 Å². The zero-order valence-electron chi connectivity index (χ0n) is 18.8. The Kier molecular flexibility index (Phi) is 6.41. The predicted molar refractivity (Wildman–Crippen MR) is 118 cm³/mol. The molecule has 1 amide bonds. The highest BCUT2D eigenvalue weighted by Gasteiger charge is 2.34. The standard InChI is InChI=1S/C16H13F2N3O.C7H14N2O/c1-16(2,18)13-7-14(10-3-5-11(17)6-4-10)20-21-8-12(9-22)19-15(13)21;1-7(2)6(10)8-4-5-9(7)3/h3-9H,1-2H3;4-5H2,1-3H3,(H,8,10).